The highest BCUT2D eigenvalue weighted by molar-refractivity contribution is 7.13. The van der Waals surface area contributed by atoms with Crippen molar-refractivity contribution in [2.24, 2.45) is 7.05 Å². The van der Waals surface area contributed by atoms with Crippen LogP contribution in [-0.2, 0) is 7.05 Å². The molecule has 33 heavy (non-hydrogen) atoms. The highest BCUT2D eigenvalue weighted by Gasteiger charge is 2.23. The minimum atomic E-state index is -0.306. The molecule has 0 saturated heterocycles. The summed E-state index contributed by atoms with van der Waals surface area (Å²) in [5, 5.41) is 9.76. The van der Waals surface area contributed by atoms with Crippen LogP contribution in [0.1, 0.15) is 10.4 Å². The third-order valence-corrected chi connectivity index (χ3v) is 6.42. The van der Waals surface area contributed by atoms with Crippen molar-refractivity contribution < 1.29 is 9.32 Å². The lowest BCUT2D eigenvalue weighted by Crippen LogP contribution is -2.16. The summed E-state index contributed by atoms with van der Waals surface area (Å²) >= 11 is 1.54. The number of rotatable bonds is 4. The Balaban J connectivity index is 1.52. The summed E-state index contributed by atoms with van der Waals surface area (Å²) in [7, 11) is 1.87. The molecule has 1 N–H and O–H groups in total. The smallest absolute Gasteiger partial charge is 0.259 e. The molecule has 160 valence electrons. The number of carbonyl (C=O) groups excluding carboxylic acids is 1. The molecule has 0 unspecified atom stereocenters. The minimum Gasteiger partial charge on any atom is -0.335 e. The molecule has 6 aromatic rings. The molecule has 6 rings (SSSR count). The molecule has 1 amide bonds. The van der Waals surface area contributed by atoms with Crippen molar-refractivity contribution in [1.82, 2.24) is 19.7 Å². The van der Waals surface area contributed by atoms with Gasteiger partial charge in [0.05, 0.1) is 32.6 Å². The molecule has 4 heterocycles. The number of carbonyl (C=O) groups is 1. The molecular formula is C25H17N5O2S. The zero-order chi connectivity index (χ0) is 22.4. The first kappa shape index (κ1) is 19.4. The Morgan fingerprint density at radius 1 is 1.00 bits per heavy atom. The highest BCUT2D eigenvalue weighted by atomic mass is 32.1. The number of nitrogens with zero attached hydrogens (tertiary/aromatic N) is 4. The van der Waals surface area contributed by atoms with Gasteiger partial charge in [0.15, 0.2) is 0 Å². The molecule has 0 bridgehead atoms. The molecule has 7 nitrogen and oxygen atoms in total. The van der Waals surface area contributed by atoms with Gasteiger partial charge >= 0.3 is 0 Å². The summed E-state index contributed by atoms with van der Waals surface area (Å²) in [5.41, 5.74) is 4.56. The Kier molecular flexibility index (Phi) is 4.51. The third-order valence-electron chi connectivity index (χ3n) is 5.52. The molecule has 8 heteroatoms. The van der Waals surface area contributed by atoms with Gasteiger partial charge in [-0.25, -0.2) is 9.97 Å². The van der Waals surface area contributed by atoms with Crippen molar-refractivity contribution in [3.63, 3.8) is 0 Å². The number of nitrogens with one attached hydrogen (secondary N) is 1. The van der Waals surface area contributed by atoms with E-state index in [1.165, 1.54) is 0 Å². The molecule has 0 saturated carbocycles. The lowest BCUT2D eigenvalue weighted by Gasteiger charge is -2.08. The Morgan fingerprint density at radius 2 is 1.82 bits per heavy atom. The van der Waals surface area contributed by atoms with E-state index >= 15 is 0 Å². The van der Waals surface area contributed by atoms with E-state index in [2.05, 4.69) is 20.4 Å². The van der Waals surface area contributed by atoms with Gasteiger partial charge < -0.3 is 9.09 Å². The molecular weight excluding hydrogens is 434 g/mol. The van der Waals surface area contributed by atoms with E-state index in [9.17, 15) is 4.79 Å². The van der Waals surface area contributed by atoms with Gasteiger partial charge in [0.25, 0.3) is 11.6 Å². The number of imidazole rings is 1. The number of para-hydroxylation sites is 2. The first-order valence-electron chi connectivity index (χ1n) is 10.3. The SMILES string of the molecule is Cn1c(NC(=O)c2cc(-c3cccs3)nc3onc(-c4ccccc4)c23)nc2ccccc21. The van der Waals surface area contributed by atoms with Crippen LogP contribution in [0.5, 0.6) is 0 Å². The van der Waals surface area contributed by atoms with Gasteiger partial charge in [0.1, 0.15) is 5.69 Å². The van der Waals surface area contributed by atoms with Gasteiger partial charge in [-0.05, 0) is 29.6 Å². The van der Waals surface area contributed by atoms with E-state index < -0.39 is 0 Å². The summed E-state index contributed by atoms with van der Waals surface area (Å²) < 4.78 is 7.46. The zero-order valence-electron chi connectivity index (χ0n) is 17.5. The van der Waals surface area contributed by atoms with Crippen molar-refractivity contribution in [1.29, 1.82) is 0 Å². The quantitative estimate of drug-likeness (QED) is 0.368. The van der Waals surface area contributed by atoms with Gasteiger partial charge in [0.2, 0.25) is 5.95 Å². The van der Waals surface area contributed by atoms with Crippen LogP contribution in [0, 0.1) is 0 Å². The van der Waals surface area contributed by atoms with E-state index in [0.29, 0.717) is 34.0 Å². The second-order valence-electron chi connectivity index (χ2n) is 7.55. The number of hydrogen-bond donors (Lipinski definition) is 1. The largest absolute Gasteiger partial charge is 0.335 e. The van der Waals surface area contributed by atoms with Crippen LogP contribution >= 0.6 is 11.3 Å². The van der Waals surface area contributed by atoms with Crippen LogP contribution in [0.15, 0.2) is 82.7 Å². The normalized spacial score (nSPS) is 11.3. The fourth-order valence-electron chi connectivity index (χ4n) is 3.90. The van der Waals surface area contributed by atoms with Crippen LogP contribution in [0.4, 0.5) is 5.95 Å². The lowest BCUT2D eigenvalue weighted by atomic mass is 10.0. The summed E-state index contributed by atoms with van der Waals surface area (Å²) in [4.78, 5) is 23.8. The summed E-state index contributed by atoms with van der Waals surface area (Å²) in [6, 6.07) is 23.1. The summed E-state index contributed by atoms with van der Waals surface area (Å²) in [6.45, 7) is 0. The molecule has 0 atom stereocenters. The molecule has 2 aromatic carbocycles. The maximum Gasteiger partial charge on any atom is 0.259 e. The number of aromatic nitrogens is 4. The highest BCUT2D eigenvalue weighted by Crippen LogP contribution is 2.34. The fraction of sp³-hybridized carbons (Fsp3) is 0.0400. The predicted molar refractivity (Wildman–Crippen MR) is 129 cm³/mol. The van der Waals surface area contributed by atoms with Crippen molar-refractivity contribution in [2.45, 2.75) is 0 Å². The molecule has 0 radical (unpaired) electrons. The van der Waals surface area contributed by atoms with Gasteiger partial charge in [0, 0.05) is 12.6 Å². The number of pyridine rings is 1. The van der Waals surface area contributed by atoms with Gasteiger partial charge in [-0.1, -0.05) is 53.7 Å². The van der Waals surface area contributed by atoms with Gasteiger partial charge in [-0.3, -0.25) is 10.1 Å². The van der Waals surface area contributed by atoms with Crippen LogP contribution in [-0.4, -0.2) is 25.6 Å². The maximum absolute atomic E-state index is 13.6. The molecule has 4 aromatic heterocycles. The Morgan fingerprint density at radius 3 is 2.61 bits per heavy atom. The number of aryl methyl sites for hydroxylation is 1. The number of benzene rings is 2. The first-order valence-corrected chi connectivity index (χ1v) is 11.2. The van der Waals surface area contributed by atoms with E-state index in [0.717, 1.165) is 21.5 Å². The van der Waals surface area contributed by atoms with Crippen molar-refractivity contribution in [3.05, 3.63) is 83.7 Å². The van der Waals surface area contributed by atoms with Crippen molar-refractivity contribution in [2.75, 3.05) is 5.32 Å². The molecule has 0 aliphatic carbocycles. The molecule has 0 aliphatic heterocycles. The zero-order valence-corrected chi connectivity index (χ0v) is 18.3. The van der Waals surface area contributed by atoms with Crippen LogP contribution < -0.4 is 5.32 Å². The van der Waals surface area contributed by atoms with E-state index in [1.54, 1.807) is 17.4 Å². The fourth-order valence-corrected chi connectivity index (χ4v) is 4.59. The van der Waals surface area contributed by atoms with E-state index in [4.69, 9.17) is 4.52 Å². The second-order valence-corrected chi connectivity index (χ2v) is 8.49. The Hall–Kier alpha value is -4.30. The number of amides is 1. The van der Waals surface area contributed by atoms with Crippen LogP contribution in [0.3, 0.4) is 0 Å². The van der Waals surface area contributed by atoms with E-state index in [-0.39, 0.29) is 5.91 Å². The number of thiophene rings is 1. The number of hydrogen-bond acceptors (Lipinski definition) is 6. The molecule has 0 aliphatic rings. The minimum absolute atomic E-state index is 0.306. The number of anilines is 1. The summed E-state index contributed by atoms with van der Waals surface area (Å²) in [6.07, 6.45) is 0. The Bertz CT molecular complexity index is 1620. The first-order chi connectivity index (χ1) is 16.2. The van der Waals surface area contributed by atoms with Crippen molar-refractivity contribution >= 4 is 45.3 Å². The monoisotopic (exact) mass is 451 g/mol. The van der Waals surface area contributed by atoms with Gasteiger partial charge in [-0.2, -0.15) is 0 Å². The van der Waals surface area contributed by atoms with Crippen LogP contribution in [0.25, 0.3) is 44.0 Å². The maximum atomic E-state index is 13.6. The van der Waals surface area contributed by atoms with E-state index in [1.807, 2.05) is 83.7 Å². The topological polar surface area (TPSA) is 85.8 Å². The average molecular weight is 452 g/mol. The standard InChI is InChI=1S/C25H17N5O2S/c1-30-19-11-6-5-10-17(19)27-25(30)28-23(31)16-14-18(20-12-7-13-33-20)26-24-21(16)22(29-32-24)15-8-3-2-4-9-15/h2-14H,1H3,(H,27,28,31). The second kappa shape index (κ2) is 7.68. The average Bonchev–Trinajstić information content (AvgIpc) is 3.59. The molecule has 0 spiro atoms. The van der Waals surface area contributed by atoms with Crippen LogP contribution in [0.2, 0.25) is 0 Å². The lowest BCUT2D eigenvalue weighted by molar-refractivity contribution is 0.102. The van der Waals surface area contributed by atoms with Crippen molar-refractivity contribution in [3.8, 4) is 21.8 Å². The predicted octanol–water partition coefficient (Wildman–Crippen LogP) is 5.76. The third kappa shape index (κ3) is 3.28. The number of fused-ring (bicyclic) bond motifs is 2. The Labute approximate surface area is 192 Å². The molecule has 0 fully saturated rings. The summed E-state index contributed by atoms with van der Waals surface area (Å²) in [5.74, 6) is 0.153. The van der Waals surface area contributed by atoms with Gasteiger partial charge in [-0.15, -0.1) is 11.3 Å².